The first kappa shape index (κ1) is 22.6. The zero-order valence-corrected chi connectivity index (χ0v) is 19.5. The molecule has 30 heavy (non-hydrogen) atoms. The highest BCUT2D eigenvalue weighted by Gasteiger charge is 2.26. The fourth-order valence-electron chi connectivity index (χ4n) is 2.92. The Morgan fingerprint density at radius 1 is 1.20 bits per heavy atom. The van der Waals surface area contributed by atoms with Gasteiger partial charge >= 0.3 is 0 Å². The molecule has 0 aliphatic rings. The van der Waals surface area contributed by atoms with E-state index >= 15 is 4.39 Å². The van der Waals surface area contributed by atoms with Crippen LogP contribution in [-0.2, 0) is 17.6 Å². The van der Waals surface area contributed by atoms with Crippen LogP contribution in [0.2, 0.25) is 0 Å². The molecule has 7 heteroatoms. The van der Waals surface area contributed by atoms with Gasteiger partial charge in [-0.05, 0) is 46.2 Å². The molecular weight excluding hydrogens is 419 g/mol. The average Bonchev–Trinajstić information content (AvgIpc) is 3.12. The second kappa shape index (κ2) is 9.37. The van der Waals surface area contributed by atoms with Gasteiger partial charge in [0.25, 0.3) is 0 Å². The predicted molar refractivity (Wildman–Crippen MR) is 122 cm³/mol. The van der Waals surface area contributed by atoms with Gasteiger partial charge in [0.1, 0.15) is 6.61 Å². The topological polar surface area (TPSA) is 51.2 Å². The molecule has 0 saturated heterocycles. The molecule has 2 aromatic carbocycles. The average molecular weight is 447 g/mol. The minimum atomic E-state index is -1.30. The highest BCUT2D eigenvalue weighted by atomic mass is 32.2. The Kier molecular flexibility index (Phi) is 7.06. The Morgan fingerprint density at radius 2 is 1.90 bits per heavy atom. The molecule has 3 aromatic rings. The number of benzene rings is 2. The first-order chi connectivity index (χ1) is 14.2. The predicted octanol–water partition coefficient (Wildman–Crippen LogP) is 5.95. The fraction of sp³-hybridized carbons (Fsp3) is 0.348. The zero-order valence-electron chi connectivity index (χ0n) is 17.9. The van der Waals surface area contributed by atoms with Gasteiger partial charge in [-0.25, -0.2) is 18.3 Å². The number of aryl methyl sites for hydroxylation is 1. The summed E-state index contributed by atoms with van der Waals surface area (Å²) in [6.45, 7) is 9.65. The smallest absolute Gasteiger partial charge is 0.174 e. The Bertz CT molecular complexity index is 1030. The van der Waals surface area contributed by atoms with Gasteiger partial charge < -0.3 is 4.74 Å². The second-order valence-electron chi connectivity index (χ2n) is 8.11. The molecule has 1 aromatic heterocycles. The zero-order chi connectivity index (χ0) is 21.9. The van der Waals surface area contributed by atoms with Crippen molar-refractivity contribution < 1.29 is 13.3 Å². The van der Waals surface area contributed by atoms with E-state index in [1.54, 1.807) is 11.6 Å². The van der Waals surface area contributed by atoms with Crippen molar-refractivity contribution in [3.8, 4) is 16.2 Å². The van der Waals surface area contributed by atoms with Gasteiger partial charge in [-0.3, -0.25) is 0 Å². The minimum Gasteiger partial charge on any atom is -0.485 e. The van der Waals surface area contributed by atoms with Crippen molar-refractivity contribution in [1.29, 1.82) is 0 Å². The summed E-state index contributed by atoms with van der Waals surface area (Å²) in [7, 11) is -1.30. The molecule has 0 aliphatic heterocycles. The first-order valence-electron chi connectivity index (χ1n) is 9.76. The molecule has 2 atom stereocenters. The third-order valence-electron chi connectivity index (χ3n) is 4.65. The van der Waals surface area contributed by atoms with Crippen LogP contribution in [0.4, 0.5) is 4.39 Å². The lowest BCUT2D eigenvalue weighted by molar-refractivity contribution is 0.285. The number of hydrogen-bond acceptors (Lipinski definition) is 4. The maximum Gasteiger partial charge on any atom is 0.174 e. The van der Waals surface area contributed by atoms with Crippen LogP contribution < -0.4 is 9.46 Å². The first-order valence-corrected chi connectivity index (χ1v) is 11.8. The van der Waals surface area contributed by atoms with Crippen LogP contribution in [-0.4, -0.2) is 13.9 Å². The van der Waals surface area contributed by atoms with Crippen LogP contribution >= 0.6 is 11.3 Å². The molecule has 3 rings (SSSR count). The van der Waals surface area contributed by atoms with Crippen LogP contribution in [0.3, 0.4) is 0 Å². The van der Waals surface area contributed by atoms with E-state index in [0.29, 0.717) is 11.1 Å². The van der Waals surface area contributed by atoms with E-state index < -0.39 is 21.5 Å². The summed E-state index contributed by atoms with van der Waals surface area (Å²) in [5.74, 6) is -0.249. The van der Waals surface area contributed by atoms with Gasteiger partial charge in [0.05, 0.1) is 31.8 Å². The summed E-state index contributed by atoms with van der Waals surface area (Å²) in [6.07, 6.45) is 0. The molecule has 0 aliphatic carbocycles. The molecule has 0 radical (unpaired) electrons. The summed E-state index contributed by atoms with van der Waals surface area (Å²) in [6, 6.07) is 12.9. The van der Waals surface area contributed by atoms with Crippen molar-refractivity contribution >= 4 is 22.3 Å². The Balaban J connectivity index is 1.99. The van der Waals surface area contributed by atoms with Crippen LogP contribution in [0.5, 0.6) is 5.75 Å². The maximum absolute atomic E-state index is 15.7. The van der Waals surface area contributed by atoms with Crippen molar-refractivity contribution in [2.45, 2.75) is 52.0 Å². The Morgan fingerprint density at radius 3 is 2.50 bits per heavy atom. The summed E-state index contributed by atoms with van der Waals surface area (Å²) >= 11 is 1.40. The Hall–Kier alpha value is -2.09. The SMILES string of the molecule is Cc1ncsc1-c1ccc([C@H](C)NS(=O)C(C)(C)C)c(OCc2ccccc2)c1F. The number of rotatable bonds is 7. The molecule has 0 fully saturated rings. The molecule has 0 spiro atoms. The van der Waals surface area contributed by atoms with Gasteiger partial charge in [-0.2, -0.15) is 0 Å². The van der Waals surface area contributed by atoms with E-state index in [0.717, 1.165) is 16.1 Å². The Labute approximate surface area is 184 Å². The quantitative estimate of drug-likeness (QED) is 0.488. The number of nitrogens with zero attached hydrogens (tertiary/aromatic N) is 1. The van der Waals surface area contributed by atoms with E-state index in [2.05, 4.69) is 9.71 Å². The summed E-state index contributed by atoms with van der Waals surface area (Å²) < 4.78 is 36.9. The van der Waals surface area contributed by atoms with Crippen molar-refractivity contribution in [3.05, 3.63) is 70.6 Å². The molecule has 0 bridgehead atoms. The third-order valence-corrected chi connectivity index (χ3v) is 7.29. The van der Waals surface area contributed by atoms with Crippen LogP contribution in [0.25, 0.3) is 10.4 Å². The van der Waals surface area contributed by atoms with Crippen molar-refractivity contribution in [3.63, 3.8) is 0 Å². The van der Waals surface area contributed by atoms with Crippen LogP contribution in [0.1, 0.15) is 50.6 Å². The second-order valence-corrected chi connectivity index (χ2v) is 11.0. The lowest BCUT2D eigenvalue weighted by atomic mass is 10.0. The summed E-state index contributed by atoms with van der Waals surface area (Å²) in [4.78, 5) is 5.02. The van der Waals surface area contributed by atoms with Crippen molar-refractivity contribution in [2.75, 3.05) is 0 Å². The highest BCUT2D eigenvalue weighted by Crippen LogP contribution is 2.38. The molecule has 1 unspecified atom stereocenters. The number of ether oxygens (including phenoxy) is 1. The summed E-state index contributed by atoms with van der Waals surface area (Å²) in [5, 5.41) is 0. The molecule has 0 saturated carbocycles. The standard InChI is InChI=1S/C23H27FN2O2S2/c1-15(26-30(27)23(3,4)5)18-11-12-19(22-16(2)25-14-29-22)20(24)21(18)28-13-17-9-7-6-8-10-17/h6-12,14-15,26H,13H2,1-5H3/t15-,30?/m0/s1. The van der Waals surface area contributed by atoms with Gasteiger partial charge in [-0.15, -0.1) is 11.3 Å². The molecule has 160 valence electrons. The van der Waals surface area contributed by atoms with Crippen molar-refractivity contribution in [2.24, 2.45) is 0 Å². The van der Waals surface area contributed by atoms with E-state index in [1.165, 1.54) is 11.3 Å². The lowest BCUT2D eigenvalue weighted by Crippen LogP contribution is -2.35. The van der Waals surface area contributed by atoms with Gasteiger partial charge in [0.2, 0.25) is 0 Å². The molecule has 4 nitrogen and oxygen atoms in total. The molecule has 1 heterocycles. The summed E-state index contributed by atoms with van der Waals surface area (Å²) in [5.41, 5.74) is 4.53. The number of thiazole rings is 1. The minimum absolute atomic E-state index is 0.176. The fourth-order valence-corrected chi connectivity index (χ4v) is 4.55. The normalized spacial score (nSPS) is 13.8. The van der Waals surface area contributed by atoms with Gasteiger partial charge in [0.15, 0.2) is 11.6 Å². The molecular formula is C23H27FN2O2S2. The lowest BCUT2D eigenvalue weighted by Gasteiger charge is -2.24. The van der Waals surface area contributed by atoms with E-state index in [9.17, 15) is 4.21 Å². The van der Waals surface area contributed by atoms with E-state index in [-0.39, 0.29) is 18.4 Å². The number of nitrogens with one attached hydrogen (secondary N) is 1. The van der Waals surface area contributed by atoms with Gasteiger partial charge in [0, 0.05) is 17.2 Å². The van der Waals surface area contributed by atoms with Crippen LogP contribution in [0.15, 0.2) is 48.0 Å². The molecule has 0 amide bonds. The van der Waals surface area contributed by atoms with Gasteiger partial charge in [-0.1, -0.05) is 36.4 Å². The van der Waals surface area contributed by atoms with E-state index in [1.807, 2.05) is 71.0 Å². The van der Waals surface area contributed by atoms with E-state index in [4.69, 9.17) is 4.74 Å². The number of aromatic nitrogens is 1. The third kappa shape index (κ3) is 5.14. The highest BCUT2D eigenvalue weighted by molar-refractivity contribution is 7.84. The number of halogens is 1. The van der Waals surface area contributed by atoms with Crippen LogP contribution in [0, 0.1) is 12.7 Å². The van der Waals surface area contributed by atoms with Crippen molar-refractivity contribution in [1.82, 2.24) is 9.71 Å². The molecule has 1 N–H and O–H groups in total. The largest absolute Gasteiger partial charge is 0.485 e. The maximum atomic E-state index is 15.7. The number of hydrogen-bond donors (Lipinski definition) is 1. The monoisotopic (exact) mass is 446 g/mol.